The number of hydrogen-bond acceptors (Lipinski definition) is 6. The smallest absolute Gasteiger partial charge is 0.253 e. The van der Waals surface area contributed by atoms with Crippen LogP contribution >= 0.6 is 11.8 Å². The molecule has 176 valence electrons. The molecule has 0 bridgehead atoms. The molecule has 0 saturated carbocycles. The Bertz CT molecular complexity index is 1460. The predicted molar refractivity (Wildman–Crippen MR) is 135 cm³/mol. The van der Waals surface area contributed by atoms with Gasteiger partial charge in [-0.15, -0.1) is 11.8 Å². The molecule has 0 spiro atoms. The van der Waals surface area contributed by atoms with Gasteiger partial charge >= 0.3 is 0 Å². The minimum atomic E-state index is -0.0374. The molecule has 0 unspecified atom stereocenters. The van der Waals surface area contributed by atoms with Gasteiger partial charge in [0.05, 0.1) is 35.4 Å². The van der Waals surface area contributed by atoms with Gasteiger partial charge in [-0.3, -0.25) is 14.6 Å². The lowest BCUT2D eigenvalue weighted by Gasteiger charge is -2.22. The van der Waals surface area contributed by atoms with Crippen molar-refractivity contribution in [3.05, 3.63) is 71.7 Å². The normalized spacial score (nSPS) is 15.2. The first-order valence-corrected chi connectivity index (χ1v) is 12.4. The van der Waals surface area contributed by atoms with Crippen molar-refractivity contribution in [2.75, 3.05) is 31.3 Å². The van der Waals surface area contributed by atoms with E-state index in [1.807, 2.05) is 46.0 Å². The predicted octanol–water partition coefficient (Wildman–Crippen LogP) is 3.71. The second-order valence-corrected chi connectivity index (χ2v) is 9.62. The number of aromatic nitrogens is 3. The fourth-order valence-corrected chi connectivity index (χ4v) is 5.42. The molecule has 4 heterocycles. The van der Waals surface area contributed by atoms with Gasteiger partial charge in [0.15, 0.2) is 0 Å². The number of amides is 2. The van der Waals surface area contributed by atoms with Gasteiger partial charge < -0.3 is 15.0 Å². The zero-order chi connectivity index (χ0) is 23.9. The highest BCUT2D eigenvalue weighted by atomic mass is 32.2. The van der Waals surface area contributed by atoms with Gasteiger partial charge in [0.2, 0.25) is 5.91 Å². The minimum absolute atomic E-state index is 0.0251. The van der Waals surface area contributed by atoms with E-state index in [2.05, 4.69) is 16.5 Å². The number of ether oxygens (including phenoxy) is 1. The van der Waals surface area contributed by atoms with Gasteiger partial charge in [-0.1, -0.05) is 0 Å². The number of hydrogen-bond donors (Lipinski definition) is 1. The zero-order valence-electron chi connectivity index (χ0n) is 19.2. The van der Waals surface area contributed by atoms with Crippen molar-refractivity contribution in [3.8, 4) is 11.4 Å². The summed E-state index contributed by atoms with van der Waals surface area (Å²) in [6, 6.07) is 13.3. The van der Waals surface area contributed by atoms with E-state index < -0.39 is 0 Å². The highest BCUT2D eigenvalue weighted by molar-refractivity contribution is 8.00. The van der Waals surface area contributed by atoms with E-state index >= 15 is 0 Å². The summed E-state index contributed by atoms with van der Waals surface area (Å²) in [6.45, 7) is 1.20. The summed E-state index contributed by atoms with van der Waals surface area (Å²) in [4.78, 5) is 32.3. The van der Waals surface area contributed by atoms with Crippen LogP contribution in [0.5, 0.6) is 5.75 Å². The first-order chi connectivity index (χ1) is 17.1. The summed E-state index contributed by atoms with van der Waals surface area (Å²) in [5.74, 6) is 1.12. The van der Waals surface area contributed by atoms with E-state index in [-0.39, 0.29) is 11.8 Å². The Hall–Kier alpha value is -3.85. The van der Waals surface area contributed by atoms with Crippen molar-refractivity contribution in [1.82, 2.24) is 19.7 Å². The van der Waals surface area contributed by atoms with Crippen LogP contribution in [0.15, 0.2) is 59.8 Å². The monoisotopic (exact) mass is 485 g/mol. The van der Waals surface area contributed by atoms with Crippen LogP contribution in [0.25, 0.3) is 16.6 Å². The molecule has 0 atom stereocenters. The van der Waals surface area contributed by atoms with Gasteiger partial charge in [0.1, 0.15) is 5.75 Å². The highest BCUT2D eigenvalue weighted by Gasteiger charge is 2.24. The molecular formula is C26H23N5O3S. The van der Waals surface area contributed by atoms with Crippen LogP contribution in [0.1, 0.15) is 21.6 Å². The number of rotatable bonds is 3. The summed E-state index contributed by atoms with van der Waals surface area (Å²) in [6.07, 6.45) is 5.25. The number of benzene rings is 2. The molecule has 0 radical (unpaired) electrons. The Morgan fingerprint density at radius 2 is 2.00 bits per heavy atom. The molecule has 2 aromatic carbocycles. The summed E-state index contributed by atoms with van der Waals surface area (Å²) < 4.78 is 7.31. The topological polar surface area (TPSA) is 89.3 Å². The lowest BCUT2D eigenvalue weighted by Crippen LogP contribution is -2.33. The molecule has 8 nitrogen and oxygen atoms in total. The summed E-state index contributed by atoms with van der Waals surface area (Å²) in [5, 5.41) is 8.72. The maximum absolute atomic E-state index is 13.3. The van der Waals surface area contributed by atoms with E-state index in [1.54, 1.807) is 19.4 Å². The maximum atomic E-state index is 13.3. The third-order valence-corrected chi connectivity index (χ3v) is 7.54. The second-order valence-electron chi connectivity index (χ2n) is 8.60. The lowest BCUT2D eigenvalue weighted by molar-refractivity contribution is -0.113. The number of carbonyl (C=O) groups is 2. The molecular weight excluding hydrogens is 462 g/mol. The van der Waals surface area contributed by atoms with Crippen molar-refractivity contribution in [1.29, 1.82) is 0 Å². The molecule has 1 N–H and O–H groups in total. The summed E-state index contributed by atoms with van der Waals surface area (Å²) in [7, 11) is 1.65. The molecule has 9 heteroatoms. The zero-order valence-corrected chi connectivity index (χ0v) is 20.0. The molecule has 2 aliphatic rings. The SMILES string of the molecule is COc1ccc2nccc(-n3cc4c(n3)CCN(C(=O)c3ccc5c(c3)NC(=O)CS5)CC4)c2c1. The van der Waals surface area contributed by atoms with Gasteiger partial charge in [-0.25, -0.2) is 4.68 Å². The lowest BCUT2D eigenvalue weighted by atomic mass is 10.1. The van der Waals surface area contributed by atoms with Gasteiger partial charge in [-0.05, 0) is 54.4 Å². The molecule has 2 amide bonds. The fourth-order valence-electron chi connectivity index (χ4n) is 4.64. The van der Waals surface area contributed by atoms with Crippen LogP contribution in [0.3, 0.4) is 0 Å². The van der Waals surface area contributed by atoms with Gasteiger partial charge in [0, 0.05) is 47.7 Å². The Morgan fingerprint density at radius 1 is 1.11 bits per heavy atom. The third kappa shape index (κ3) is 4.01. The van der Waals surface area contributed by atoms with Gasteiger partial charge in [-0.2, -0.15) is 5.10 Å². The average molecular weight is 486 g/mol. The second kappa shape index (κ2) is 8.74. The van der Waals surface area contributed by atoms with E-state index in [1.165, 1.54) is 11.8 Å². The van der Waals surface area contributed by atoms with E-state index in [9.17, 15) is 9.59 Å². The van der Waals surface area contributed by atoms with E-state index in [0.29, 0.717) is 36.5 Å². The number of pyridine rings is 1. The van der Waals surface area contributed by atoms with Crippen molar-refractivity contribution in [2.24, 2.45) is 0 Å². The van der Waals surface area contributed by atoms with Crippen LogP contribution in [0, 0.1) is 0 Å². The average Bonchev–Trinajstić information content (AvgIpc) is 3.19. The van der Waals surface area contributed by atoms with Crippen LogP contribution in [-0.4, -0.2) is 57.4 Å². The van der Waals surface area contributed by atoms with Crippen LogP contribution in [0.2, 0.25) is 0 Å². The minimum Gasteiger partial charge on any atom is -0.497 e. The molecule has 0 aliphatic carbocycles. The number of carbonyl (C=O) groups excluding carboxylic acids is 2. The van der Waals surface area contributed by atoms with Crippen molar-refractivity contribution >= 4 is 40.2 Å². The van der Waals surface area contributed by atoms with Crippen LogP contribution in [0.4, 0.5) is 5.69 Å². The van der Waals surface area contributed by atoms with E-state index in [4.69, 9.17) is 9.84 Å². The summed E-state index contributed by atoms with van der Waals surface area (Å²) in [5.41, 5.74) is 5.28. The number of methoxy groups -OCH3 is 1. The van der Waals surface area contributed by atoms with Crippen molar-refractivity contribution in [3.63, 3.8) is 0 Å². The Kier molecular flexibility index (Phi) is 5.41. The number of thioether (sulfide) groups is 1. The Labute approximate surface area is 206 Å². The van der Waals surface area contributed by atoms with Gasteiger partial charge in [0.25, 0.3) is 5.91 Å². The first-order valence-electron chi connectivity index (χ1n) is 11.5. The molecule has 35 heavy (non-hydrogen) atoms. The quantitative estimate of drug-likeness (QED) is 0.476. The first kappa shape index (κ1) is 21.7. The summed E-state index contributed by atoms with van der Waals surface area (Å²) >= 11 is 1.49. The fraction of sp³-hybridized carbons (Fsp3) is 0.231. The number of nitrogens with zero attached hydrogens (tertiary/aromatic N) is 4. The molecule has 2 aliphatic heterocycles. The maximum Gasteiger partial charge on any atom is 0.253 e. The Balaban J connectivity index is 1.23. The van der Waals surface area contributed by atoms with Crippen molar-refractivity contribution < 1.29 is 14.3 Å². The number of anilines is 1. The Morgan fingerprint density at radius 3 is 2.89 bits per heavy atom. The largest absolute Gasteiger partial charge is 0.497 e. The molecule has 0 saturated heterocycles. The third-order valence-electron chi connectivity index (χ3n) is 6.47. The van der Waals surface area contributed by atoms with Crippen molar-refractivity contribution in [2.45, 2.75) is 17.7 Å². The molecule has 4 aromatic rings. The van der Waals surface area contributed by atoms with Crippen LogP contribution in [-0.2, 0) is 17.6 Å². The number of fused-ring (bicyclic) bond motifs is 3. The molecule has 0 fully saturated rings. The molecule has 6 rings (SSSR count). The van der Waals surface area contributed by atoms with Crippen LogP contribution < -0.4 is 10.1 Å². The molecule has 2 aromatic heterocycles. The van der Waals surface area contributed by atoms with E-state index in [0.717, 1.165) is 44.9 Å². The number of nitrogens with one attached hydrogen (secondary N) is 1. The standard InChI is InChI=1S/C26H23N5O3S/c1-34-18-3-4-21-19(13-18)23(6-9-27-21)31-14-17-7-10-30(11-8-20(17)29-31)26(33)16-2-5-24-22(12-16)28-25(32)15-35-24/h2-6,9,12-14H,7-8,10-11,15H2,1H3,(H,28,32). The highest BCUT2D eigenvalue weighted by Crippen LogP contribution is 2.32.